The molecule has 0 saturated carbocycles. The number of rotatable bonds is 3. The molecule has 0 bridgehead atoms. The highest BCUT2D eigenvalue weighted by Gasteiger charge is 2.33. The maximum absolute atomic E-state index is 12.8. The molecule has 2 aromatic rings. The number of hydrogen-bond donors (Lipinski definition) is 0. The van der Waals surface area contributed by atoms with E-state index in [0.29, 0.717) is 24.2 Å². The predicted octanol–water partition coefficient (Wildman–Crippen LogP) is 7.42. The lowest BCUT2D eigenvalue weighted by Crippen LogP contribution is -2.21. The Hall–Kier alpha value is -1.88. The summed E-state index contributed by atoms with van der Waals surface area (Å²) in [5.74, 6) is -1.20. The summed E-state index contributed by atoms with van der Waals surface area (Å²) in [6, 6.07) is 11.7. The molecule has 1 fully saturated rings. The van der Waals surface area contributed by atoms with Crippen LogP contribution in [-0.2, 0) is 17.3 Å². The Morgan fingerprint density at radius 1 is 1.00 bits per heavy atom. The van der Waals surface area contributed by atoms with Crippen LogP contribution in [0.3, 0.4) is 0 Å². The van der Waals surface area contributed by atoms with Gasteiger partial charge in [0.25, 0.3) is 0 Å². The van der Waals surface area contributed by atoms with E-state index in [2.05, 4.69) is 38.1 Å². The van der Waals surface area contributed by atoms with Gasteiger partial charge >= 0.3 is 6.18 Å². The highest BCUT2D eigenvalue weighted by molar-refractivity contribution is 5.26. The number of benzene rings is 2. The summed E-state index contributed by atoms with van der Waals surface area (Å²) in [6.45, 7) is 6.09. The molecule has 154 valence electrons. The van der Waals surface area contributed by atoms with Gasteiger partial charge in [-0.2, -0.15) is 13.2 Å². The standard InChI is InChI=1S/C14H20O.C9H8F4/c1-3-13-5-4-6-14(15-13)12-9-7-11(2)8-10-12;1-2-6-3-4-7(8(10)5-6)9(11,12)13/h7-10,13-14H,3-6H2,1-2H3;3-5H,2H2,1H3. The average Bonchev–Trinajstić information content (AvgIpc) is 2.68. The van der Waals surface area contributed by atoms with Crippen molar-refractivity contribution in [3.63, 3.8) is 0 Å². The maximum Gasteiger partial charge on any atom is 0.419 e. The zero-order valence-corrected chi connectivity index (χ0v) is 16.7. The number of hydrogen-bond acceptors (Lipinski definition) is 1. The molecule has 1 heterocycles. The molecular weight excluding hydrogens is 368 g/mol. The lowest BCUT2D eigenvalue weighted by molar-refractivity contribution is -0.140. The monoisotopic (exact) mass is 396 g/mol. The van der Waals surface area contributed by atoms with Crippen molar-refractivity contribution in [2.24, 2.45) is 0 Å². The van der Waals surface area contributed by atoms with Crippen molar-refractivity contribution in [3.05, 3.63) is 70.5 Å². The fraction of sp³-hybridized carbons (Fsp3) is 0.478. The number of alkyl halides is 3. The summed E-state index contributed by atoms with van der Waals surface area (Å²) in [6.07, 6.45) is 1.60. The molecule has 1 saturated heterocycles. The topological polar surface area (TPSA) is 9.23 Å². The Labute approximate surface area is 164 Å². The summed E-state index contributed by atoms with van der Waals surface area (Å²) in [4.78, 5) is 0. The van der Waals surface area contributed by atoms with Gasteiger partial charge in [-0.25, -0.2) is 4.39 Å². The van der Waals surface area contributed by atoms with Crippen LogP contribution in [0.5, 0.6) is 0 Å². The molecule has 2 unspecified atom stereocenters. The van der Waals surface area contributed by atoms with Gasteiger partial charge in [0.1, 0.15) is 5.82 Å². The van der Waals surface area contributed by atoms with Crippen molar-refractivity contribution in [2.75, 3.05) is 0 Å². The molecule has 0 spiro atoms. The molecule has 5 heteroatoms. The van der Waals surface area contributed by atoms with Gasteiger partial charge in [0.2, 0.25) is 0 Å². The molecular formula is C23H28F4O. The SMILES string of the molecule is CCC1CCCC(c2ccc(C)cc2)O1.CCc1ccc(C(F)(F)F)c(F)c1. The minimum absolute atomic E-state index is 0.337. The molecule has 1 nitrogen and oxygen atoms in total. The van der Waals surface area contributed by atoms with Crippen LogP contribution in [0.25, 0.3) is 0 Å². The van der Waals surface area contributed by atoms with Gasteiger partial charge in [0.15, 0.2) is 0 Å². The Balaban J connectivity index is 0.000000203. The number of aryl methyl sites for hydroxylation is 2. The Kier molecular flexibility index (Phi) is 8.05. The molecule has 0 radical (unpaired) electrons. The van der Waals surface area contributed by atoms with Gasteiger partial charge < -0.3 is 4.74 Å². The minimum Gasteiger partial charge on any atom is -0.370 e. The summed E-state index contributed by atoms with van der Waals surface area (Å²) in [7, 11) is 0. The van der Waals surface area contributed by atoms with Crippen molar-refractivity contribution >= 4 is 0 Å². The second-order valence-corrected chi connectivity index (χ2v) is 7.16. The minimum atomic E-state index is -4.60. The summed E-state index contributed by atoms with van der Waals surface area (Å²) < 4.78 is 55.0. The average molecular weight is 396 g/mol. The molecule has 0 aliphatic carbocycles. The smallest absolute Gasteiger partial charge is 0.370 e. The number of halogens is 4. The van der Waals surface area contributed by atoms with E-state index in [9.17, 15) is 17.6 Å². The predicted molar refractivity (Wildman–Crippen MR) is 104 cm³/mol. The van der Waals surface area contributed by atoms with E-state index in [1.54, 1.807) is 6.92 Å². The Morgan fingerprint density at radius 2 is 1.68 bits per heavy atom. The third kappa shape index (κ3) is 6.33. The quantitative estimate of drug-likeness (QED) is 0.491. The van der Waals surface area contributed by atoms with E-state index < -0.39 is 17.6 Å². The Bertz CT molecular complexity index is 737. The van der Waals surface area contributed by atoms with Gasteiger partial charge in [-0.15, -0.1) is 0 Å². The fourth-order valence-electron chi connectivity index (χ4n) is 3.23. The fourth-order valence-corrected chi connectivity index (χ4v) is 3.23. The summed E-state index contributed by atoms with van der Waals surface area (Å²) >= 11 is 0. The lowest BCUT2D eigenvalue weighted by atomic mass is 9.97. The highest BCUT2D eigenvalue weighted by Crippen LogP contribution is 2.32. The van der Waals surface area contributed by atoms with Crippen LogP contribution in [0, 0.1) is 12.7 Å². The van der Waals surface area contributed by atoms with Gasteiger partial charge in [-0.05, 0) is 62.3 Å². The first-order valence-corrected chi connectivity index (χ1v) is 9.82. The molecule has 0 amide bonds. The van der Waals surface area contributed by atoms with Crippen molar-refractivity contribution in [1.29, 1.82) is 0 Å². The molecule has 3 rings (SSSR count). The molecule has 0 aromatic heterocycles. The summed E-state index contributed by atoms with van der Waals surface area (Å²) in [5.41, 5.74) is 2.02. The van der Waals surface area contributed by atoms with E-state index in [-0.39, 0.29) is 0 Å². The van der Waals surface area contributed by atoms with Gasteiger partial charge in [0, 0.05) is 0 Å². The third-order valence-electron chi connectivity index (χ3n) is 5.00. The zero-order valence-electron chi connectivity index (χ0n) is 16.7. The first-order valence-electron chi connectivity index (χ1n) is 9.82. The highest BCUT2D eigenvalue weighted by atomic mass is 19.4. The first kappa shape index (κ1) is 22.4. The first-order chi connectivity index (χ1) is 13.2. The lowest BCUT2D eigenvalue weighted by Gasteiger charge is -2.29. The normalized spacial score (nSPS) is 19.7. The summed E-state index contributed by atoms with van der Waals surface area (Å²) in [5, 5.41) is 0. The zero-order chi connectivity index (χ0) is 20.7. The van der Waals surface area contributed by atoms with E-state index >= 15 is 0 Å². The van der Waals surface area contributed by atoms with Crippen LogP contribution in [0.1, 0.15) is 67.9 Å². The van der Waals surface area contributed by atoms with Crippen LogP contribution >= 0.6 is 0 Å². The number of ether oxygens (including phenoxy) is 1. The molecule has 1 aliphatic rings. The van der Waals surface area contributed by atoms with Crippen LogP contribution < -0.4 is 0 Å². The van der Waals surface area contributed by atoms with Crippen molar-refractivity contribution in [3.8, 4) is 0 Å². The van der Waals surface area contributed by atoms with Gasteiger partial charge in [0.05, 0.1) is 17.8 Å². The van der Waals surface area contributed by atoms with Crippen LogP contribution in [-0.4, -0.2) is 6.10 Å². The Morgan fingerprint density at radius 3 is 2.21 bits per heavy atom. The molecule has 2 atom stereocenters. The van der Waals surface area contributed by atoms with Crippen LogP contribution in [0.2, 0.25) is 0 Å². The van der Waals surface area contributed by atoms with Gasteiger partial charge in [-0.1, -0.05) is 49.7 Å². The van der Waals surface area contributed by atoms with E-state index in [4.69, 9.17) is 4.74 Å². The third-order valence-corrected chi connectivity index (χ3v) is 5.00. The van der Waals surface area contributed by atoms with Crippen LogP contribution in [0.15, 0.2) is 42.5 Å². The van der Waals surface area contributed by atoms with Gasteiger partial charge in [-0.3, -0.25) is 0 Å². The molecule has 2 aromatic carbocycles. The second kappa shape index (κ2) is 10.1. The van der Waals surface area contributed by atoms with Crippen molar-refractivity contribution < 1.29 is 22.3 Å². The van der Waals surface area contributed by atoms with Crippen molar-refractivity contribution in [1.82, 2.24) is 0 Å². The molecule has 28 heavy (non-hydrogen) atoms. The maximum atomic E-state index is 12.8. The van der Waals surface area contributed by atoms with Crippen molar-refractivity contribution in [2.45, 2.75) is 71.3 Å². The molecule has 1 aliphatic heterocycles. The van der Waals surface area contributed by atoms with E-state index in [1.807, 2.05) is 0 Å². The molecule has 0 N–H and O–H groups in total. The van der Waals surface area contributed by atoms with E-state index in [1.165, 1.54) is 36.5 Å². The van der Waals surface area contributed by atoms with E-state index in [0.717, 1.165) is 18.6 Å². The largest absolute Gasteiger partial charge is 0.419 e. The second-order valence-electron chi connectivity index (χ2n) is 7.16. The van der Waals surface area contributed by atoms with Crippen LogP contribution in [0.4, 0.5) is 17.6 Å².